The Morgan fingerprint density at radius 1 is 1.20 bits per heavy atom. The molecule has 3 rings (SSSR count). The SMILES string of the molecule is CCOc1cc(F)c(C=NNc2nc(-c3ccccc3)cs2)c(F)c1. The van der Waals surface area contributed by atoms with Crippen molar-refractivity contribution in [3.8, 4) is 17.0 Å². The molecule has 7 heteroatoms. The third kappa shape index (κ3) is 4.19. The van der Waals surface area contributed by atoms with Gasteiger partial charge in [0.05, 0.1) is 24.1 Å². The van der Waals surface area contributed by atoms with Crippen LogP contribution in [0.1, 0.15) is 12.5 Å². The monoisotopic (exact) mass is 359 g/mol. The fraction of sp³-hybridized carbons (Fsp3) is 0.111. The number of benzene rings is 2. The number of halogens is 2. The molecule has 1 N–H and O–H groups in total. The summed E-state index contributed by atoms with van der Waals surface area (Å²) in [4.78, 5) is 4.38. The summed E-state index contributed by atoms with van der Waals surface area (Å²) in [6.45, 7) is 2.08. The lowest BCUT2D eigenvalue weighted by atomic mass is 10.2. The summed E-state index contributed by atoms with van der Waals surface area (Å²) in [6.07, 6.45) is 1.09. The van der Waals surface area contributed by atoms with Crippen LogP contribution in [0.2, 0.25) is 0 Å². The van der Waals surface area contributed by atoms with Gasteiger partial charge in [-0.05, 0) is 6.92 Å². The third-order valence-corrected chi connectivity index (χ3v) is 4.04. The summed E-state index contributed by atoms with van der Waals surface area (Å²) >= 11 is 1.35. The highest BCUT2D eigenvalue weighted by atomic mass is 32.1. The molecule has 0 radical (unpaired) electrons. The Labute approximate surface area is 147 Å². The zero-order valence-corrected chi connectivity index (χ0v) is 14.2. The van der Waals surface area contributed by atoms with E-state index in [9.17, 15) is 8.78 Å². The number of nitrogens with zero attached hydrogens (tertiary/aromatic N) is 2. The topological polar surface area (TPSA) is 46.5 Å². The Morgan fingerprint density at radius 2 is 1.92 bits per heavy atom. The van der Waals surface area contributed by atoms with Crippen molar-refractivity contribution in [2.45, 2.75) is 6.92 Å². The third-order valence-electron chi connectivity index (χ3n) is 3.29. The number of rotatable bonds is 6. The van der Waals surface area contributed by atoms with Gasteiger partial charge in [-0.3, -0.25) is 5.43 Å². The van der Waals surface area contributed by atoms with Crippen molar-refractivity contribution in [2.24, 2.45) is 5.10 Å². The van der Waals surface area contributed by atoms with Crippen LogP contribution in [-0.4, -0.2) is 17.8 Å². The van der Waals surface area contributed by atoms with Gasteiger partial charge >= 0.3 is 0 Å². The molecule has 3 aromatic rings. The van der Waals surface area contributed by atoms with Gasteiger partial charge in [0.1, 0.15) is 17.4 Å². The summed E-state index contributed by atoms with van der Waals surface area (Å²) in [7, 11) is 0. The Kier molecular flexibility index (Phi) is 5.35. The predicted octanol–water partition coefficient (Wildman–Crippen LogP) is 4.93. The molecule has 0 unspecified atom stereocenters. The molecule has 0 amide bonds. The fourth-order valence-electron chi connectivity index (χ4n) is 2.15. The molecule has 0 aliphatic carbocycles. The van der Waals surface area contributed by atoms with Gasteiger partial charge in [-0.15, -0.1) is 11.3 Å². The van der Waals surface area contributed by atoms with Crippen molar-refractivity contribution in [1.82, 2.24) is 4.98 Å². The van der Waals surface area contributed by atoms with Gasteiger partial charge < -0.3 is 4.74 Å². The van der Waals surface area contributed by atoms with Crippen molar-refractivity contribution >= 4 is 22.7 Å². The van der Waals surface area contributed by atoms with Crippen LogP contribution in [0.4, 0.5) is 13.9 Å². The Morgan fingerprint density at radius 3 is 2.60 bits per heavy atom. The van der Waals surface area contributed by atoms with Crippen LogP contribution < -0.4 is 10.2 Å². The van der Waals surface area contributed by atoms with Crippen LogP contribution in [0.15, 0.2) is 52.9 Å². The lowest BCUT2D eigenvalue weighted by Crippen LogP contribution is -2.00. The molecule has 25 heavy (non-hydrogen) atoms. The van der Waals surface area contributed by atoms with Gasteiger partial charge in [-0.25, -0.2) is 13.8 Å². The number of nitrogens with one attached hydrogen (secondary N) is 1. The van der Waals surface area contributed by atoms with Crippen LogP contribution in [0.25, 0.3) is 11.3 Å². The summed E-state index contributed by atoms with van der Waals surface area (Å²) in [5.74, 6) is -1.33. The second kappa shape index (κ2) is 7.85. The summed E-state index contributed by atoms with van der Waals surface area (Å²) in [6, 6.07) is 11.9. The molecule has 0 spiro atoms. The smallest absolute Gasteiger partial charge is 0.203 e. The lowest BCUT2D eigenvalue weighted by Gasteiger charge is -2.05. The fourth-order valence-corrected chi connectivity index (χ4v) is 2.82. The zero-order chi connectivity index (χ0) is 17.6. The first-order valence-corrected chi connectivity index (χ1v) is 8.47. The normalized spacial score (nSPS) is 11.0. The van der Waals surface area contributed by atoms with Gasteiger partial charge in [0.25, 0.3) is 0 Å². The van der Waals surface area contributed by atoms with E-state index in [1.54, 1.807) is 6.92 Å². The molecule has 0 atom stereocenters. The van der Waals surface area contributed by atoms with Crippen molar-refractivity contribution < 1.29 is 13.5 Å². The molecule has 1 aromatic heterocycles. The van der Waals surface area contributed by atoms with Crippen LogP contribution in [0.3, 0.4) is 0 Å². The van der Waals surface area contributed by atoms with E-state index in [2.05, 4.69) is 15.5 Å². The van der Waals surface area contributed by atoms with Crippen LogP contribution >= 0.6 is 11.3 Å². The number of hydrogen-bond acceptors (Lipinski definition) is 5. The molecule has 0 saturated heterocycles. The minimum atomic E-state index is -0.738. The van der Waals surface area contributed by atoms with Gasteiger partial charge in [0, 0.05) is 23.1 Å². The average molecular weight is 359 g/mol. The lowest BCUT2D eigenvalue weighted by molar-refractivity contribution is 0.336. The minimum absolute atomic E-state index is 0.148. The maximum Gasteiger partial charge on any atom is 0.203 e. The van der Waals surface area contributed by atoms with Gasteiger partial charge in [-0.1, -0.05) is 30.3 Å². The first-order valence-electron chi connectivity index (χ1n) is 7.59. The van der Waals surface area contributed by atoms with E-state index in [1.165, 1.54) is 11.3 Å². The molecule has 0 saturated carbocycles. The summed E-state index contributed by atoms with van der Waals surface area (Å²) in [5.41, 5.74) is 4.24. The second-order valence-corrected chi connectivity index (χ2v) is 5.87. The molecule has 0 fully saturated rings. The van der Waals surface area contributed by atoms with E-state index < -0.39 is 11.6 Å². The quantitative estimate of drug-likeness (QED) is 0.501. The molecule has 0 bridgehead atoms. The van der Waals surface area contributed by atoms with Crippen molar-refractivity contribution in [3.63, 3.8) is 0 Å². The maximum absolute atomic E-state index is 13.9. The van der Waals surface area contributed by atoms with E-state index >= 15 is 0 Å². The van der Waals surface area contributed by atoms with Crippen molar-refractivity contribution in [1.29, 1.82) is 0 Å². The van der Waals surface area contributed by atoms with Crippen LogP contribution in [0.5, 0.6) is 5.75 Å². The average Bonchev–Trinajstić information content (AvgIpc) is 3.07. The molecular formula is C18H15F2N3OS. The van der Waals surface area contributed by atoms with Gasteiger partial charge in [0.15, 0.2) is 0 Å². The first kappa shape index (κ1) is 17.0. The maximum atomic E-state index is 13.9. The van der Waals surface area contributed by atoms with Gasteiger partial charge in [0.2, 0.25) is 5.13 Å². The Bertz CT molecular complexity index is 858. The molecule has 4 nitrogen and oxygen atoms in total. The highest BCUT2D eigenvalue weighted by Gasteiger charge is 2.10. The number of ether oxygens (including phenoxy) is 1. The standard InChI is InChI=1S/C18H15F2N3OS/c1-2-24-13-8-15(19)14(16(20)9-13)10-21-23-18-22-17(11-25-18)12-6-4-3-5-7-12/h3-11H,2H2,1H3,(H,22,23). The minimum Gasteiger partial charge on any atom is -0.494 e. The summed E-state index contributed by atoms with van der Waals surface area (Å²) < 4.78 is 33.0. The van der Waals surface area contributed by atoms with Crippen LogP contribution in [0, 0.1) is 11.6 Å². The molecule has 128 valence electrons. The van der Waals surface area contributed by atoms with E-state index in [1.807, 2.05) is 35.7 Å². The van der Waals surface area contributed by atoms with Crippen molar-refractivity contribution in [3.05, 3.63) is 65.0 Å². The largest absolute Gasteiger partial charge is 0.494 e. The molecule has 0 aliphatic rings. The Hall–Kier alpha value is -2.80. The van der Waals surface area contributed by atoms with Gasteiger partial charge in [-0.2, -0.15) is 5.10 Å². The highest BCUT2D eigenvalue weighted by Crippen LogP contribution is 2.24. The number of hydrogen-bond donors (Lipinski definition) is 1. The molecular weight excluding hydrogens is 344 g/mol. The number of thiazole rings is 1. The van der Waals surface area contributed by atoms with E-state index in [-0.39, 0.29) is 11.3 Å². The number of anilines is 1. The summed E-state index contributed by atoms with van der Waals surface area (Å²) in [5, 5.41) is 6.28. The number of hydrazone groups is 1. The van der Waals surface area contributed by atoms with Crippen molar-refractivity contribution in [2.75, 3.05) is 12.0 Å². The van der Waals surface area contributed by atoms with E-state index in [4.69, 9.17) is 4.74 Å². The molecule has 0 aliphatic heterocycles. The highest BCUT2D eigenvalue weighted by molar-refractivity contribution is 7.14. The zero-order valence-electron chi connectivity index (χ0n) is 13.4. The molecule has 2 aromatic carbocycles. The predicted molar refractivity (Wildman–Crippen MR) is 96.3 cm³/mol. The first-order chi connectivity index (χ1) is 12.2. The van der Waals surface area contributed by atoms with E-state index in [0.29, 0.717) is 11.7 Å². The second-order valence-electron chi connectivity index (χ2n) is 5.01. The Balaban J connectivity index is 1.71. The van der Waals surface area contributed by atoms with Crippen LogP contribution in [-0.2, 0) is 0 Å². The number of aromatic nitrogens is 1. The molecule has 1 heterocycles. The van der Waals surface area contributed by atoms with E-state index in [0.717, 1.165) is 29.6 Å².